The lowest BCUT2D eigenvalue weighted by atomic mass is 9.93. The standard InChI is InChI=1S/C13H24O2/c1-4-6-10-14-11-12-8-7-9-13(12,3)15-5-2/h5,12H,2,4,6-11H2,1,3H3/t12-,13+/m0/s1. The summed E-state index contributed by atoms with van der Waals surface area (Å²) in [4.78, 5) is 0. The van der Waals surface area contributed by atoms with Crippen molar-refractivity contribution < 1.29 is 9.47 Å². The van der Waals surface area contributed by atoms with Crippen LogP contribution in [-0.4, -0.2) is 18.8 Å². The van der Waals surface area contributed by atoms with E-state index in [2.05, 4.69) is 20.4 Å². The summed E-state index contributed by atoms with van der Waals surface area (Å²) in [6.45, 7) is 9.73. The minimum atomic E-state index is -0.0338. The van der Waals surface area contributed by atoms with Gasteiger partial charge in [-0.3, -0.25) is 0 Å². The zero-order valence-electron chi connectivity index (χ0n) is 10.1. The molecule has 1 rings (SSSR count). The minimum absolute atomic E-state index is 0.0338. The molecule has 0 aromatic carbocycles. The van der Waals surface area contributed by atoms with Crippen LogP contribution >= 0.6 is 0 Å². The largest absolute Gasteiger partial charge is 0.495 e. The van der Waals surface area contributed by atoms with Gasteiger partial charge < -0.3 is 9.47 Å². The van der Waals surface area contributed by atoms with Crippen LogP contribution in [0.3, 0.4) is 0 Å². The van der Waals surface area contributed by atoms with E-state index in [9.17, 15) is 0 Å². The average Bonchev–Trinajstić information content (AvgIpc) is 2.56. The van der Waals surface area contributed by atoms with Crippen LogP contribution in [0.5, 0.6) is 0 Å². The summed E-state index contributed by atoms with van der Waals surface area (Å²) in [5, 5.41) is 0. The van der Waals surface area contributed by atoms with Crippen molar-refractivity contribution in [3.63, 3.8) is 0 Å². The van der Waals surface area contributed by atoms with E-state index in [4.69, 9.17) is 9.47 Å². The van der Waals surface area contributed by atoms with Crippen LogP contribution in [0.15, 0.2) is 12.8 Å². The second-order valence-electron chi connectivity index (χ2n) is 4.61. The van der Waals surface area contributed by atoms with Crippen LogP contribution in [0.4, 0.5) is 0 Å². The molecule has 0 unspecified atom stereocenters. The molecule has 0 saturated heterocycles. The van der Waals surface area contributed by atoms with Crippen LogP contribution in [0.1, 0.15) is 46.0 Å². The monoisotopic (exact) mass is 212 g/mol. The Bertz CT molecular complexity index is 191. The third-order valence-electron chi connectivity index (χ3n) is 3.40. The Morgan fingerprint density at radius 2 is 2.33 bits per heavy atom. The number of hydrogen-bond acceptors (Lipinski definition) is 2. The molecule has 1 aliphatic rings. The first-order valence-electron chi connectivity index (χ1n) is 6.09. The molecule has 0 bridgehead atoms. The first-order chi connectivity index (χ1) is 7.23. The van der Waals surface area contributed by atoms with Crippen LogP contribution in [-0.2, 0) is 9.47 Å². The van der Waals surface area contributed by atoms with Gasteiger partial charge in [0, 0.05) is 12.5 Å². The average molecular weight is 212 g/mol. The van der Waals surface area contributed by atoms with Gasteiger partial charge in [-0.1, -0.05) is 19.9 Å². The van der Waals surface area contributed by atoms with Crippen LogP contribution in [0.2, 0.25) is 0 Å². The molecule has 0 heterocycles. The number of ether oxygens (including phenoxy) is 2. The molecule has 0 radical (unpaired) electrons. The summed E-state index contributed by atoms with van der Waals surface area (Å²) in [7, 11) is 0. The zero-order valence-corrected chi connectivity index (χ0v) is 10.1. The summed E-state index contributed by atoms with van der Waals surface area (Å²) in [6, 6.07) is 0. The number of rotatable bonds is 7. The van der Waals surface area contributed by atoms with E-state index < -0.39 is 0 Å². The van der Waals surface area contributed by atoms with E-state index in [1.807, 2.05) is 0 Å². The van der Waals surface area contributed by atoms with Crippen molar-refractivity contribution in [1.82, 2.24) is 0 Å². The Balaban J connectivity index is 2.29. The van der Waals surface area contributed by atoms with Crippen molar-refractivity contribution in [3.8, 4) is 0 Å². The Labute approximate surface area is 93.7 Å². The highest BCUT2D eigenvalue weighted by atomic mass is 16.5. The Kier molecular flexibility index (Phi) is 5.16. The van der Waals surface area contributed by atoms with Gasteiger partial charge in [0.1, 0.15) is 5.60 Å². The van der Waals surface area contributed by atoms with Gasteiger partial charge in [0.25, 0.3) is 0 Å². The fraction of sp³-hybridized carbons (Fsp3) is 0.846. The Hall–Kier alpha value is -0.500. The topological polar surface area (TPSA) is 18.5 Å². The maximum absolute atomic E-state index is 5.69. The van der Waals surface area contributed by atoms with Gasteiger partial charge in [0.15, 0.2) is 0 Å². The van der Waals surface area contributed by atoms with E-state index in [-0.39, 0.29) is 5.60 Å². The first-order valence-corrected chi connectivity index (χ1v) is 6.09. The fourth-order valence-corrected chi connectivity index (χ4v) is 2.29. The molecule has 0 N–H and O–H groups in total. The molecule has 2 nitrogen and oxygen atoms in total. The molecule has 0 aliphatic heterocycles. The summed E-state index contributed by atoms with van der Waals surface area (Å²) in [5.41, 5.74) is -0.0338. The smallest absolute Gasteiger partial charge is 0.110 e. The van der Waals surface area contributed by atoms with E-state index in [1.165, 1.54) is 19.3 Å². The lowest BCUT2D eigenvalue weighted by molar-refractivity contribution is -0.0324. The molecular formula is C13H24O2. The molecule has 1 fully saturated rings. The van der Waals surface area contributed by atoms with Crippen molar-refractivity contribution in [3.05, 3.63) is 12.8 Å². The molecule has 0 spiro atoms. The SMILES string of the molecule is C=CO[C@]1(C)CCC[C@H]1COCCCC. The second kappa shape index (κ2) is 6.16. The van der Waals surface area contributed by atoms with Crippen LogP contribution in [0.25, 0.3) is 0 Å². The van der Waals surface area contributed by atoms with E-state index in [0.29, 0.717) is 5.92 Å². The first kappa shape index (κ1) is 12.6. The molecule has 15 heavy (non-hydrogen) atoms. The van der Waals surface area contributed by atoms with Gasteiger partial charge in [-0.2, -0.15) is 0 Å². The van der Waals surface area contributed by atoms with E-state index in [1.54, 1.807) is 6.26 Å². The minimum Gasteiger partial charge on any atom is -0.495 e. The van der Waals surface area contributed by atoms with Gasteiger partial charge in [-0.25, -0.2) is 0 Å². The molecule has 2 heteroatoms. The van der Waals surface area contributed by atoms with Crippen molar-refractivity contribution in [2.45, 2.75) is 51.6 Å². The van der Waals surface area contributed by atoms with E-state index in [0.717, 1.165) is 26.1 Å². The van der Waals surface area contributed by atoms with Crippen LogP contribution < -0.4 is 0 Å². The molecule has 2 atom stereocenters. The predicted molar refractivity (Wildman–Crippen MR) is 62.8 cm³/mol. The molecule has 0 amide bonds. The lowest BCUT2D eigenvalue weighted by Gasteiger charge is -2.30. The summed E-state index contributed by atoms with van der Waals surface area (Å²) < 4.78 is 11.3. The summed E-state index contributed by atoms with van der Waals surface area (Å²) >= 11 is 0. The molecule has 0 aromatic heterocycles. The molecule has 1 aliphatic carbocycles. The fourth-order valence-electron chi connectivity index (χ4n) is 2.29. The van der Waals surface area contributed by atoms with Gasteiger partial charge in [0.2, 0.25) is 0 Å². The number of hydrogen-bond donors (Lipinski definition) is 0. The molecular weight excluding hydrogens is 188 g/mol. The third kappa shape index (κ3) is 3.53. The normalized spacial score (nSPS) is 30.4. The van der Waals surface area contributed by atoms with Gasteiger partial charge in [0.05, 0.1) is 12.9 Å². The maximum atomic E-state index is 5.69. The highest BCUT2D eigenvalue weighted by Gasteiger charge is 2.39. The van der Waals surface area contributed by atoms with Gasteiger partial charge in [-0.05, 0) is 32.6 Å². The lowest BCUT2D eigenvalue weighted by Crippen LogP contribution is -2.34. The maximum Gasteiger partial charge on any atom is 0.110 e. The van der Waals surface area contributed by atoms with Crippen molar-refractivity contribution in [2.75, 3.05) is 13.2 Å². The zero-order chi connectivity index (χ0) is 11.1. The van der Waals surface area contributed by atoms with Gasteiger partial charge in [-0.15, -0.1) is 0 Å². The quantitative estimate of drug-likeness (QED) is 0.475. The van der Waals surface area contributed by atoms with Crippen molar-refractivity contribution in [2.24, 2.45) is 5.92 Å². The molecule has 88 valence electrons. The Morgan fingerprint density at radius 3 is 3.00 bits per heavy atom. The number of unbranched alkanes of at least 4 members (excludes halogenated alkanes) is 1. The highest BCUT2D eigenvalue weighted by Crippen LogP contribution is 2.38. The molecule has 0 aromatic rings. The Morgan fingerprint density at radius 1 is 1.53 bits per heavy atom. The van der Waals surface area contributed by atoms with Crippen molar-refractivity contribution >= 4 is 0 Å². The highest BCUT2D eigenvalue weighted by molar-refractivity contribution is 4.91. The summed E-state index contributed by atoms with van der Waals surface area (Å²) in [6.07, 6.45) is 7.52. The van der Waals surface area contributed by atoms with E-state index >= 15 is 0 Å². The molecule has 1 saturated carbocycles. The predicted octanol–water partition coefficient (Wildman–Crippen LogP) is 3.52. The van der Waals surface area contributed by atoms with Gasteiger partial charge >= 0.3 is 0 Å². The third-order valence-corrected chi connectivity index (χ3v) is 3.40. The van der Waals surface area contributed by atoms with Crippen LogP contribution in [0, 0.1) is 5.92 Å². The van der Waals surface area contributed by atoms with Crippen molar-refractivity contribution in [1.29, 1.82) is 0 Å². The second-order valence-corrected chi connectivity index (χ2v) is 4.61. The summed E-state index contributed by atoms with van der Waals surface area (Å²) in [5.74, 6) is 0.535.